The second-order valence-corrected chi connectivity index (χ2v) is 1.82. The van der Waals surface area contributed by atoms with Crippen LogP contribution in [0.15, 0.2) is 10.7 Å². The van der Waals surface area contributed by atoms with Crippen LogP contribution in [0, 0.1) is 0 Å². The first-order chi connectivity index (χ1) is 4.22. The molecule has 1 aromatic rings. The summed E-state index contributed by atoms with van der Waals surface area (Å²) in [5, 5.41) is 2.76. The van der Waals surface area contributed by atoms with E-state index in [-0.39, 0.29) is 11.4 Å². The predicted octanol–water partition coefficient (Wildman–Crippen LogP) is 0.327. The van der Waals surface area contributed by atoms with E-state index in [9.17, 15) is 4.79 Å². The van der Waals surface area contributed by atoms with Gasteiger partial charge in [-0.3, -0.25) is 4.79 Å². The Labute approximate surface area is 56.4 Å². The van der Waals surface area contributed by atoms with Gasteiger partial charge in [0.1, 0.15) is 5.69 Å². The predicted molar refractivity (Wildman–Crippen MR) is 34.2 cm³/mol. The fourth-order valence-electron chi connectivity index (χ4n) is 0.410. The summed E-state index contributed by atoms with van der Waals surface area (Å²) in [7, 11) is 0. The maximum absolute atomic E-state index is 10.4. The van der Waals surface area contributed by atoms with Gasteiger partial charge in [0.05, 0.1) is 6.20 Å². The average Bonchev–Trinajstić information content (AvgIpc) is 2.13. The Balaban J connectivity index is 3.08. The number of nitrogen functional groups attached to an aromatic ring is 1. The van der Waals surface area contributed by atoms with E-state index in [1.54, 1.807) is 0 Å². The molecule has 9 heavy (non-hydrogen) atoms. The number of thiol groups is 1. The highest BCUT2D eigenvalue weighted by Gasteiger charge is 2.09. The van der Waals surface area contributed by atoms with Crippen LogP contribution in [-0.4, -0.2) is 10.3 Å². The van der Waals surface area contributed by atoms with E-state index >= 15 is 0 Å². The van der Waals surface area contributed by atoms with E-state index in [4.69, 9.17) is 5.73 Å². The molecule has 0 atom stereocenters. The molecule has 0 amide bonds. The first kappa shape index (κ1) is 6.15. The van der Waals surface area contributed by atoms with E-state index < -0.39 is 5.12 Å². The summed E-state index contributed by atoms with van der Waals surface area (Å²) in [5.41, 5.74) is 5.43. The van der Waals surface area contributed by atoms with Gasteiger partial charge in [0.2, 0.25) is 5.76 Å². The van der Waals surface area contributed by atoms with Crippen LogP contribution in [0.1, 0.15) is 10.6 Å². The Bertz CT molecular complexity index is 232. The molecule has 48 valence electrons. The Morgan fingerprint density at radius 3 is 2.78 bits per heavy atom. The first-order valence-electron chi connectivity index (χ1n) is 2.15. The molecular weight excluding hydrogens is 140 g/mol. The lowest BCUT2D eigenvalue weighted by Gasteiger charge is -1.83. The van der Waals surface area contributed by atoms with Gasteiger partial charge in [0.25, 0.3) is 5.12 Å². The molecule has 0 aliphatic carbocycles. The van der Waals surface area contributed by atoms with Crippen molar-refractivity contribution in [3.63, 3.8) is 0 Å². The van der Waals surface area contributed by atoms with Gasteiger partial charge < -0.3 is 10.3 Å². The van der Waals surface area contributed by atoms with Crippen LogP contribution in [0.4, 0.5) is 5.69 Å². The molecule has 0 aliphatic rings. The molecule has 0 aromatic carbocycles. The van der Waals surface area contributed by atoms with Crippen LogP contribution in [0.25, 0.3) is 0 Å². The number of hydrogen-bond acceptors (Lipinski definition) is 4. The third kappa shape index (κ3) is 1.05. The van der Waals surface area contributed by atoms with Crippen LogP contribution in [0.2, 0.25) is 0 Å². The van der Waals surface area contributed by atoms with Crippen LogP contribution in [0.3, 0.4) is 0 Å². The molecule has 0 aliphatic heterocycles. The monoisotopic (exact) mass is 144 g/mol. The number of rotatable bonds is 1. The zero-order chi connectivity index (χ0) is 6.85. The van der Waals surface area contributed by atoms with Crippen molar-refractivity contribution >= 4 is 23.4 Å². The minimum atomic E-state index is -0.509. The number of carbonyl (C=O) groups is 1. The third-order valence-electron chi connectivity index (χ3n) is 0.792. The van der Waals surface area contributed by atoms with Gasteiger partial charge in [-0.1, -0.05) is 17.8 Å². The van der Waals surface area contributed by atoms with Crippen LogP contribution in [0.5, 0.6) is 0 Å². The second kappa shape index (κ2) is 2.10. The summed E-state index contributed by atoms with van der Waals surface area (Å²) in [5.74, 6) is -0.00154. The van der Waals surface area contributed by atoms with Crippen molar-refractivity contribution in [1.82, 2.24) is 5.16 Å². The SMILES string of the molecule is Nc1cnoc1C(=O)S. The average molecular weight is 144 g/mol. The van der Waals surface area contributed by atoms with Crippen molar-refractivity contribution in [3.8, 4) is 0 Å². The van der Waals surface area contributed by atoms with E-state index in [2.05, 4.69) is 22.3 Å². The van der Waals surface area contributed by atoms with Gasteiger partial charge in [-0.25, -0.2) is 0 Å². The normalized spacial score (nSPS) is 9.44. The number of nitrogens with two attached hydrogens (primary N) is 1. The smallest absolute Gasteiger partial charge is 0.256 e. The van der Waals surface area contributed by atoms with E-state index in [1.807, 2.05) is 0 Å². The first-order valence-corrected chi connectivity index (χ1v) is 2.60. The standard InChI is InChI=1S/C4H4N2O2S/c5-2-1-6-8-3(2)4(7)9/h1H,5H2,(H,7,9). The van der Waals surface area contributed by atoms with Crippen molar-refractivity contribution < 1.29 is 9.32 Å². The molecule has 4 nitrogen and oxygen atoms in total. The number of hydrogen-bond donors (Lipinski definition) is 2. The van der Waals surface area contributed by atoms with Crippen molar-refractivity contribution in [2.45, 2.75) is 0 Å². The lowest BCUT2D eigenvalue weighted by molar-refractivity contribution is 0.106. The highest BCUT2D eigenvalue weighted by atomic mass is 32.1. The molecule has 0 radical (unpaired) electrons. The summed E-state index contributed by atoms with van der Waals surface area (Å²) >= 11 is 3.47. The largest absolute Gasteiger partial charge is 0.394 e. The Morgan fingerprint density at radius 1 is 1.89 bits per heavy atom. The molecule has 0 unspecified atom stereocenters. The Hall–Kier alpha value is -0.970. The van der Waals surface area contributed by atoms with Crippen LogP contribution >= 0.6 is 12.6 Å². The molecule has 1 aromatic heterocycles. The molecular formula is C4H4N2O2S. The number of anilines is 1. The minimum absolute atomic E-state index is 0.00154. The molecule has 1 rings (SSSR count). The third-order valence-corrected chi connectivity index (χ3v) is 0.995. The number of carbonyl (C=O) groups excluding carboxylic acids is 1. The van der Waals surface area contributed by atoms with Gasteiger partial charge in [0.15, 0.2) is 0 Å². The van der Waals surface area contributed by atoms with Gasteiger partial charge in [-0.15, -0.1) is 0 Å². The van der Waals surface area contributed by atoms with E-state index in [1.165, 1.54) is 6.20 Å². The van der Waals surface area contributed by atoms with E-state index in [0.717, 1.165) is 0 Å². The quantitative estimate of drug-likeness (QED) is 0.557. The van der Waals surface area contributed by atoms with Crippen molar-refractivity contribution in [1.29, 1.82) is 0 Å². The zero-order valence-electron chi connectivity index (χ0n) is 4.37. The van der Waals surface area contributed by atoms with Gasteiger partial charge in [-0.2, -0.15) is 0 Å². The molecule has 0 saturated carbocycles. The molecule has 0 saturated heterocycles. The number of nitrogens with zero attached hydrogens (tertiary/aromatic N) is 1. The number of aromatic nitrogens is 1. The van der Waals surface area contributed by atoms with Gasteiger partial charge in [0, 0.05) is 0 Å². The molecule has 0 fully saturated rings. The van der Waals surface area contributed by atoms with Gasteiger partial charge >= 0.3 is 0 Å². The van der Waals surface area contributed by atoms with Crippen molar-refractivity contribution in [3.05, 3.63) is 12.0 Å². The fraction of sp³-hybridized carbons (Fsp3) is 0. The summed E-state index contributed by atoms with van der Waals surface area (Å²) in [4.78, 5) is 10.4. The molecule has 1 heterocycles. The fourth-order valence-corrected chi connectivity index (χ4v) is 0.580. The summed E-state index contributed by atoms with van der Waals surface area (Å²) in [6.45, 7) is 0. The lowest BCUT2D eigenvalue weighted by atomic mass is 10.4. The highest BCUT2D eigenvalue weighted by molar-refractivity contribution is 7.97. The summed E-state index contributed by atoms with van der Waals surface area (Å²) in [6, 6.07) is 0. The van der Waals surface area contributed by atoms with Crippen LogP contribution in [-0.2, 0) is 0 Å². The second-order valence-electron chi connectivity index (χ2n) is 1.42. The maximum Gasteiger partial charge on any atom is 0.256 e. The molecule has 0 spiro atoms. The summed E-state index contributed by atoms with van der Waals surface area (Å²) in [6.07, 6.45) is 1.25. The Kier molecular flexibility index (Phi) is 1.44. The lowest BCUT2D eigenvalue weighted by Crippen LogP contribution is -1.91. The molecule has 2 N–H and O–H groups in total. The van der Waals surface area contributed by atoms with E-state index in [0.29, 0.717) is 0 Å². The van der Waals surface area contributed by atoms with Crippen molar-refractivity contribution in [2.75, 3.05) is 5.73 Å². The molecule has 0 bridgehead atoms. The topological polar surface area (TPSA) is 69.1 Å². The van der Waals surface area contributed by atoms with Crippen LogP contribution < -0.4 is 5.73 Å². The Morgan fingerprint density at radius 2 is 2.56 bits per heavy atom. The summed E-state index contributed by atoms with van der Waals surface area (Å²) < 4.78 is 4.42. The highest BCUT2D eigenvalue weighted by Crippen LogP contribution is 2.11. The minimum Gasteiger partial charge on any atom is -0.394 e. The molecule has 5 heteroatoms. The zero-order valence-corrected chi connectivity index (χ0v) is 5.26. The maximum atomic E-state index is 10.4. The van der Waals surface area contributed by atoms with Gasteiger partial charge in [-0.05, 0) is 0 Å². The van der Waals surface area contributed by atoms with Crippen molar-refractivity contribution in [2.24, 2.45) is 0 Å².